The molecule has 0 saturated carbocycles. The highest BCUT2D eigenvalue weighted by Crippen LogP contribution is 2.24. The van der Waals surface area contributed by atoms with Gasteiger partial charge in [-0.25, -0.2) is 22.5 Å². The molecular formula is C16H18ClF4N5O. The normalized spacial score (nSPS) is 12.9. The highest BCUT2D eigenvalue weighted by molar-refractivity contribution is 6.29. The first kappa shape index (κ1) is 20.9. The van der Waals surface area contributed by atoms with Crippen LogP contribution in [0.4, 0.5) is 28.9 Å². The first-order valence-electron chi connectivity index (χ1n) is 7.90. The number of hydrogen-bond donors (Lipinski definition) is 2. The molecule has 2 N–H and O–H groups in total. The van der Waals surface area contributed by atoms with Crippen LogP contribution in [-0.4, -0.2) is 45.5 Å². The van der Waals surface area contributed by atoms with Crippen molar-refractivity contribution in [1.29, 1.82) is 0 Å². The van der Waals surface area contributed by atoms with Crippen molar-refractivity contribution in [3.8, 4) is 0 Å². The van der Waals surface area contributed by atoms with E-state index in [1.165, 1.54) is 18.5 Å². The van der Waals surface area contributed by atoms with Crippen molar-refractivity contribution in [2.45, 2.75) is 38.7 Å². The van der Waals surface area contributed by atoms with Crippen molar-refractivity contribution in [3.05, 3.63) is 35.4 Å². The smallest absolute Gasteiger partial charge is 0.257 e. The Bertz CT molecular complexity index is 793. The van der Waals surface area contributed by atoms with E-state index in [4.69, 9.17) is 11.6 Å². The maximum Gasteiger partial charge on any atom is 0.257 e. The standard InChI is InChI=1S/C16H18ClF4N5O/c1-16(2,21)12(18)6-23-15(27)10-5-22-13(17)3-11(10)25-9-4-24-26(7-9)8-14(19)20/h3-5,7,12,14H,6,8H2,1-2H3,(H,22,25)(H,23,27). The predicted octanol–water partition coefficient (Wildman–Crippen LogP) is 3.76. The summed E-state index contributed by atoms with van der Waals surface area (Å²) in [5.41, 5.74) is -1.55. The van der Waals surface area contributed by atoms with Gasteiger partial charge in [0.1, 0.15) is 17.4 Å². The Hall–Kier alpha value is -2.36. The van der Waals surface area contributed by atoms with E-state index in [9.17, 15) is 22.4 Å². The third-order valence-electron chi connectivity index (χ3n) is 3.54. The van der Waals surface area contributed by atoms with Gasteiger partial charge in [0.25, 0.3) is 12.3 Å². The molecule has 0 aromatic carbocycles. The summed E-state index contributed by atoms with van der Waals surface area (Å²) in [5, 5.41) is 8.95. The van der Waals surface area contributed by atoms with Crippen molar-refractivity contribution < 1.29 is 22.4 Å². The summed E-state index contributed by atoms with van der Waals surface area (Å²) in [5.74, 6) is -0.700. The Balaban J connectivity index is 2.14. The molecule has 0 aliphatic rings. The van der Waals surface area contributed by atoms with Crippen LogP contribution in [0.3, 0.4) is 0 Å². The van der Waals surface area contributed by atoms with Gasteiger partial charge in [0.2, 0.25) is 0 Å². The molecule has 27 heavy (non-hydrogen) atoms. The van der Waals surface area contributed by atoms with Crippen molar-refractivity contribution in [2.24, 2.45) is 0 Å². The molecule has 11 heteroatoms. The largest absolute Gasteiger partial charge is 0.352 e. The third kappa shape index (κ3) is 6.09. The molecule has 2 rings (SSSR count). The highest BCUT2D eigenvalue weighted by Gasteiger charge is 2.29. The summed E-state index contributed by atoms with van der Waals surface area (Å²) in [6.45, 7) is 1.02. The van der Waals surface area contributed by atoms with Crippen LogP contribution in [0.15, 0.2) is 24.7 Å². The average molecular weight is 408 g/mol. The second kappa shape index (κ2) is 8.55. The Morgan fingerprint density at radius 1 is 1.33 bits per heavy atom. The summed E-state index contributed by atoms with van der Waals surface area (Å²) >= 11 is 5.84. The molecule has 0 aliphatic heterocycles. The Morgan fingerprint density at radius 2 is 2.04 bits per heavy atom. The van der Waals surface area contributed by atoms with Gasteiger partial charge in [-0.05, 0) is 19.9 Å². The number of rotatable bonds is 8. The quantitative estimate of drug-likeness (QED) is 0.516. The minimum absolute atomic E-state index is 0.0184. The number of halogens is 5. The van der Waals surface area contributed by atoms with Gasteiger partial charge < -0.3 is 10.6 Å². The molecule has 148 valence electrons. The summed E-state index contributed by atoms with van der Waals surface area (Å²) in [6.07, 6.45) is -0.682. The van der Waals surface area contributed by atoms with E-state index in [1.807, 2.05) is 0 Å². The van der Waals surface area contributed by atoms with Gasteiger partial charge in [-0.1, -0.05) is 11.6 Å². The molecule has 1 amide bonds. The minimum atomic E-state index is -2.57. The van der Waals surface area contributed by atoms with Crippen molar-refractivity contribution >= 4 is 28.9 Å². The average Bonchev–Trinajstić information content (AvgIpc) is 2.97. The van der Waals surface area contributed by atoms with Crippen LogP contribution in [0.5, 0.6) is 0 Å². The molecule has 0 spiro atoms. The zero-order chi connectivity index (χ0) is 20.2. The van der Waals surface area contributed by atoms with Crippen LogP contribution in [0.2, 0.25) is 5.15 Å². The molecule has 0 aliphatic carbocycles. The summed E-state index contributed by atoms with van der Waals surface area (Å²) < 4.78 is 53.0. The molecule has 0 fully saturated rings. The number of nitrogens with zero attached hydrogens (tertiary/aromatic N) is 3. The van der Waals surface area contributed by atoms with Gasteiger partial charge in [-0.15, -0.1) is 0 Å². The van der Waals surface area contributed by atoms with Crippen molar-refractivity contribution in [2.75, 3.05) is 11.9 Å². The van der Waals surface area contributed by atoms with Crippen LogP contribution >= 0.6 is 11.6 Å². The fraction of sp³-hybridized carbons (Fsp3) is 0.438. The second-order valence-corrected chi connectivity index (χ2v) is 6.65. The lowest BCUT2D eigenvalue weighted by atomic mass is 10.1. The minimum Gasteiger partial charge on any atom is -0.352 e. The molecule has 6 nitrogen and oxygen atoms in total. The van der Waals surface area contributed by atoms with Crippen molar-refractivity contribution in [1.82, 2.24) is 20.1 Å². The highest BCUT2D eigenvalue weighted by atomic mass is 35.5. The molecule has 1 atom stereocenters. The lowest BCUT2D eigenvalue weighted by Crippen LogP contribution is -2.39. The van der Waals surface area contributed by atoms with E-state index in [-0.39, 0.29) is 16.4 Å². The Labute approximate surface area is 157 Å². The fourth-order valence-electron chi connectivity index (χ4n) is 2.06. The zero-order valence-electron chi connectivity index (χ0n) is 14.5. The van der Waals surface area contributed by atoms with Crippen LogP contribution in [0, 0.1) is 0 Å². The van der Waals surface area contributed by atoms with Crippen molar-refractivity contribution in [3.63, 3.8) is 0 Å². The summed E-state index contributed by atoms with van der Waals surface area (Å²) in [4.78, 5) is 16.1. The zero-order valence-corrected chi connectivity index (χ0v) is 15.3. The van der Waals surface area contributed by atoms with Crippen LogP contribution < -0.4 is 10.6 Å². The number of aromatic nitrogens is 3. The van der Waals surface area contributed by atoms with E-state index in [1.54, 1.807) is 0 Å². The monoisotopic (exact) mass is 407 g/mol. The first-order chi connectivity index (χ1) is 12.6. The maximum atomic E-state index is 13.7. The topological polar surface area (TPSA) is 71.8 Å². The molecule has 2 aromatic heterocycles. The van der Waals surface area contributed by atoms with E-state index in [0.29, 0.717) is 5.69 Å². The Kier molecular flexibility index (Phi) is 6.63. The van der Waals surface area contributed by atoms with Crippen LogP contribution in [0.1, 0.15) is 24.2 Å². The molecular weight excluding hydrogens is 390 g/mol. The fourth-order valence-corrected chi connectivity index (χ4v) is 2.22. The number of carbonyl (C=O) groups is 1. The number of anilines is 2. The summed E-state index contributed by atoms with van der Waals surface area (Å²) in [6, 6.07) is 1.34. The number of pyridine rings is 1. The van der Waals surface area contributed by atoms with E-state index < -0.39 is 37.3 Å². The number of nitrogens with one attached hydrogen (secondary N) is 2. The van der Waals surface area contributed by atoms with Gasteiger partial charge in [-0.3, -0.25) is 9.48 Å². The van der Waals surface area contributed by atoms with Gasteiger partial charge in [0, 0.05) is 12.4 Å². The SMILES string of the molecule is CC(C)(F)C(F)CNC(=O)c1cnc(Cl)cc1Nc1cnn(CC(F)F)c1. The summed E-state index contributed by atoms with van der Waals surface area (Å²) in [7, 11) is 0. The molecule has 1 unspecified atom stereocenters. The number of amides is 1. The van der Waals surface area contributed by atoms with Crippen LogP contribution in [-0.2, 0) is 6.54 Å². The number of carbonyl (C=O) groups excluding carboxylic acids is 1. The lowest BCUT2D eigenvalue weighted by Gasteiger charge is -2.20. The molecule has 0 saturated heterocycles. The van der Waals surface area contributed by atoms with Gasteiger partial charge >= 0.3 is 0 Å². The third-order valence-corrected chi connectivity index (χ3v) is 3.75. The maximum absolute atomic E-state index is 13.7. The van der Waals surface area contributed by atoms with Gasteiger partial charge in [0.15, 0.2) is 6.17 Å². The van der Waals surface area contributed by atoms with E-state index >= 15 is 0 Å². The second-order valence-electron chi connectivity index (χ2n) is 6.26. The molecule has 0 radical (unpaired) electrons. The van der Waals surface area contributed by atoms with Gasteiger partial charge in [0.05, 0.1) is 29.7 Å². The molecule has 0 bridgehead atoms. The van der Waals surface area contributed by atoms with Gasteiger partial charge in [-0.2, -0.15) is 5.10 Å². The predicted molar refractivity (Wildman–Crippen MR) is 93.2 cm³/mol. The lowest BCUT2D eigenvalue weighted by molar-refractivity contribution is 0.0759. The van der Waals surface area contributed by atoms with E-state index in [0.717, 1.165) is 24.7 Å². The van der Waals surface area contributed by atoms with Crippen LogP contribution in [0.25, 0.3) is 0 Å². The number of alkyl halides is 4. The Morgan fingerprint density at radius 3 is 2.67 bits per heavy atom. The number of hydrogen-bond acceptors (Lipinski definition) is 4. The molecule has 2 heterocycles. The van der Waals surface area contributed by atoms with E-state index in [2.05, 4.69) is 20.7 Å². The molecule has 2 aromatic rings. The first-order valence-corrected chi connectivity index (χ1v) is 8.28.